The van der Waals surface area contributed by atoms with E-state index >= 15 is 0 Å². The first-order chi connectivity index (χ1) is 5.38. The lowest BCUT2D eigenvalue weighted by molar-refractivity contribution is 1.60. The molecule has 0 atom stereocenters. The third kappa shape index (κ3) is 1.81. The van der Waals surface area contributed by atoms with Gasteiger partial charge in [0, 0.05) is 0 Å². The van der Waals surface area contributed by atoms with Crippen LogP contribution in [0.1, 0.15) is 12.5 Å². The van der Waals surface area contributed by atoms with Crippen molar-refractivity contribution in [3.8, 4) is 0 Å². The van der Waals surface area contributed by atoms with E-state index in [1.807, 2.05) is 31.2 Å². The van der Waals surface area contributed by atoms with Crippen molar-refractivity contribution in [3.63, 3.8) is 0 Å². The third-order valence-electron chi connectivity index (χ3n) is 1.64. The molecule has 0 fully saturated rings. The van der Waals surface area contributed by atoms with Crippen LogP contribution >= 0.6 is 0 Å². The highest BCUT2D eigenvalue weighted by molar-refractivity contribution is 5.72. The highest BCUT2D eigenvalue weighted by Crippen LogP contribution is 2.13. The van der Waals surface area contributed by atoms with Crippen LogP contribution in [0.25, 0.3) is 5.57 Å². The molecule has 1 aromatic carbocycles. The molecule has 0 N–H and O–H groups in total. The Balaban J connectivity index is 3.01. The Kier molecular flexibility index (Phi) is 2.67. The lowest BCUT2D eigenvalue weighted by atomic mass is 10.1. The molecule has 0 spiro atoms. The fraction of sp³-hybridized carbons (Fsp3) is 0.0909. The zero-order valence-electron chi connectivity index (χ0n) is 6.75. The van der Waals surface area contributed by atoms with E-state index in [1.165, 1.54) is 11.1 Å². The lowest BCUT2D eigenvalue weighted by Crippen LogP contribution is -1.76. The van der Waals surface area contributed by atoms with Gasteiger partial charge in [0.15, 0.2) is 0 Å². The summed E-state index contributed by atoms with van der Waals surface area (Å²) in [5.41, 5.74) is 2.41. The maximum atomic E-state index is 3.74. The van der Waals surface area contributed by atoms with E-state index in [0.29, 0.717) is 0 Å². The van der Waals surface area contributed by atoms with Crippen LogP contribution in [-0.2, 0) is 0 Å². The molecule has 0 saturated heterocycles. The van der Waals surface area contributed by atoms with Crippen molar-refractivity contribution in [2.45, 2.75) is 6.92 Å². The third-order valence-corrected chi connectivity index (χ3v) is 1.64. The van der Waals surface area contributed by atoms with Crippen molar-refractivity contribution in [1.82, 2.24) is 0 Å². The monoisotopic (exact) mass is 144 g/mol. The topological polar surface area (TPSA) is 0 Å². The molecule has 0 heteroatoms. The van der Waals surface area contributed by atoms with Crippen LogP contribution in [0.4, 0.5) is 0 Å². The molecule has 0 aliphatic heterocycles. The maximum absolute atomic E-state index is 3.74. The second kappa shape index (κ2) is 3.77. The summed E-state index contributed by atoms with van der Waals surface area (Å²) in [5, 5.41) is 0. The van der Waals surface area contributed by atoms with Crippen molar-refractivity contribution in [1.29, 1.82) is 0 Å². The summed E-state index contributed by atoms with van der Waals surface area (Å²) in [6.45, 7) is 5.76. The number of allylic oxidation sites excluding steroid dienone is 3. The first kappa shape index (κ1) is 7.80. The highest BCUT2D eigenvalue weighted by atomic mass is 14.0. The van der Waals surface area contributed by atoms with Gasteiger partial charge in [-0.05, 0) is 18.1 Å². The molecule has 0 aromatic heterocycles. The Morgan fingerprint density at radius 2 is 1.91 bits per heavy atom. The second-order valence-corrected chi connectivity index (χ2v) is 2.31. The van der Waals surface area contributed by atoms with E-state index in [2.05, 4.69) is 24.8 Å². The molecule has 11 heavy (non-hydrogen) atoms. The number of rotatable bonds is 2. The molecular formula is C11H12. The molecule has 1 aromatic rings. The first-order valence-electron chi connectivity index (χ1n) is 3.72. The number of benzene rings is 1. The lowest BCUT2D eigenvalue weighted by Gasteiger charge is -1.98. The Morgan fingerprint density at radius 1 is 1.27 bits per heavy atom. The van der Waals surface area contributed by atoms with Crippen molar-refractivity contribution >= 4 is 5.57 Å². The summed E-state index contributed by atoms with van der Waals surface area (Å²) in [7, 11) is 0. The fourth-order valence-corrected chi connectivity index (χ4v) is 1.03. The predicted octanol–water partition coefficient (Wildman–Crippen LogP) is 3.28. The standard InChI is InChI=1S/C11H12/c1-3-10(4-2)11-8-6-5-7-9-11/h3-9H,1H2,2H3. The van der Waals surface area contributed by atoms with Crippen molar-refractivity contribution in [3.05, 3.63) is 54.6 Å². The molecule has 0 bridgehead atoms. The van der Waals surface area contributed by atoms with Gasteiger partial charge in [0.2, 0.25) is 0 Å². The van der Waals surface area contributed by atoms with E-state index < -0.39 is 0 Å². The molecular weight excluding hydrogens is 132 g/mol. The minimum absolute atomic E-state index is 1.19. The number of hydrogen-bond donors (Lipinski definition) is 0. The summed E-state index contributed by atoms with van der Waals surface area (Å²) in [6, 6.07) is 10.2. The Hall–Kier alpha value is -1.30. The predicted molar refractivity (Wildman–Crippen MR) is 50.3 cm³/mol. The van der Waals surface area contributed by atoms with E-state index in [4.69, 9.17) is 0 Å². The van der Waals surface area contributed by atoms with Crippen LogP contribution in [0.3, 0.4) is 0 Å². The van der Waals surface area contributed by atoms with Gasteiger partial charge in [0.25, 0.3) is 0 Å². The van der Waals surface area contributed by atoms with Crippen molar-refractivity contribution in [2.75, 3.05) is 0 Å². The van der Waals surface area contributed by atoms with Gasteiger partial charge < -0.3 is 0 Å². The summed E-state index contributed by atoms with van der Waals surface area (Å²) < 4.78 is 0. The zero-order chi connectivity index (χ0) is 8.10. The second-order valence-electron chi connectivity index (χ2n) is 2.31. The molecule has 0 saturated carbocycles. The largest absolute Gasteiger partial charge is 0.0985 e. The van der Waals surface area contributed by atoms with Crippen LogP contribution in [0.2, 0.25) is 0 Å². The van der Waals surface area contributed by atoms with Crippen molar-refractivity contribution in [2.24, 2.45) is 0 Å². The molecule has 56 valence electrons. The molecule has 0 aliphatic rings. The van der Waals surface area contributed by atoms with Gasteiger partial charge in [-0.2, -0.15) is 0 Å². The van der Waals surface area contributed by atoms with Crippen LogP contribution in [0.15, 0.2) is 49.1 Å². The van der Waals surface area contributed by atoms with Gasteiger partial charge in [0.05, 0.1) is 0 Å². The Morgan fingerprint density at radius 3 is 2.36 bits per heavy atom. The highest BCUT2D eigenvalue weighted by Gasteiger charge is 1.91. The molecule has 0 heterocycles. The zero-order valence-corrected chi connectivity index (χ0v) is 6.75. The first-order valence-corrected chi connectivity index (χ1v) is 3.72. The minimum Gasteiger partial charge on any atom is -0.0985 e. The van der Waals surface area contributed by atoms with E-state index in [1.54, 1.807) is 0 Å². The number of hydrogen-bond acceptors (Lipinski definition) is 0. The maximum Gasteiger partial charge on any atom is -0.0188 e. The average Bonchev–Trinajstić information content (AvgIpc) is 2.09. The van der Waals surface area contributed by atoms with E-state index in [-0.39, 0.29) is 0 Å². The van der Waals surface area contributed by atoms with Gasteiger partial charge in [0.1, 0.15) is 0 Å². The Labute approximate surface area is 67.9 Å². The Bertz CT molecular complexity index is 255. The SMILES string of the molecule is C=CC(=CC)c1ccccc1. The van der Waals surface area contributed by atoms with Crippen LogP contribution in [0, 0.1) is 0 Å². The van der Waals surface area contributed by atoms with Gasteiger partial charge in [-0.1, -0.05) is 49.1 Å². The van der Waals surface area contributed by atoms with Crippen LogP contribution < -0.4 is 0 Å². The molecule has 0 nitrogen and oxygen atoms in total. The summed E-state index contributed by atoms with van der Waals surface area (Å²) in [4.78, 5) is 0. The molecule has 0 amide bonds. The molecule has 0 aliphatic carbocycles. The smallest absolute Gasteiger partial charge is 0.0188 e. The molecule has 0 unspecified atom stereocenters. The van der Waals surface area contributed by atoms with Gasteiger partial charge in [-0.15, -0.1) is 0 Å². The van der Waals surface area contributed by atoms with E-state index in [0.717, 1.165) is 0 Å². The van der Waals surface area contributed by atoms with Crippen LogP contribution in [-0.4, -0.2) is 0 Å². The molecule has 0 radical (unpaired) electrons. The average molecular weight is 144 g/mol. The quantitative estimate of drug-likeness (QED) is 0.559. The minimum atomic E-state index is 1.19. The normalized spacial score (nSPS) is 11.2. The van der Waals surface area contributed by atoms with E-state index in [9.17, 15) is 0 Å². The van der Waals surface area contributed by atoms with Crippen molar-refractivity contribution < 1.29 is 0 Å². The fourth-order valence-electron chi connectivity index (χ4n) is 1.03. The van der Waals surface area contributed by atoms with Gasteiger partial charge in [-0.25, -0.2) is 0 Å². The van der Waals surface area contributed by atoms with Gasteiger partial charge in [-0.3, -0.25) is 0 Å². The summed E-state index contributed by atoms with van der Waals surface area (Å²) in [6.07, 6.45) is 3.93. The molecule has 1 rings (SSSR count). The summed E-state index contributed by atoms with van der Waals surface area (Å²) >= 11 is 0. The summed E-state index contributed by atoms with van der Waals surface area (Å²) in [5.74, 6) is 0. The van der Waals surface area contributed by atoms with Crippen LogP contribution in [0.5, 0.6) is 0 Å². The van der Waals surface area contributed by atoms with Gasteiger partial charge >= 0.3 is 0 Å².